The van der Waals surface area contributed by atoms with Crippen molar-refractivity contribution in [2.45, 2.75) is 20.4 Å². The smallest absolute Gasteiger partial charge is 0.124 e. The van der Waals surface area contributed by atoms with Crippen molar-refractivity contribution in [3.63, 3.8) is 0 Å². The molecule has 0 amide bonds. The average molecular weight is 305 g/mol. The van der Waals surface area contributed by atoms with Crippen LogP contribution >= 0.6 is 0 Å². The summed E-state index contributed by atoms with van der Waals surface area (Å²) < 4.78 is 5.93. The maximum Gasteiger partial charge on any atom is 0.124 e. The molecule has 0 aliphatic heterocycles. The topological polar surface area (TPSA) is 21.3 Å². The van der Waals surface area contributed by atoms with Crippen LogP contribution in [0.25, 0.3) is 10.8 Å². The third-order valence-electron chi connectivity index (χ3n) is 3.80. The van der Waals surface area contributed by atoms with Gasteiger partial charge in [0.05, 0.1) is 6.61 Å². The predicted molar refractivity (Wildman–Crippen MR) is 98.0 cm³/mol. The molecule has 0 bridgehead atoms. The highest BCUT2D eigenvalue weighted by Crippen LogP contribution is 2.25. The maximum atomic E-state index is 5.93. The molecule has 3 rings (SSSR count). The molecule has 0 spiro atoms. The molecule has 2 heteroatoms. The van der Waals surface area contributed by atoms with Gasteiger partial charge in [0.2, 0.25) is 0 Å². The van der Waals surface area contributed by atoms with Gasteiger partial charge in [-0.1, -0.05) is 68.4 Å². The Morgan fingerprint density at radius 1 is 0.870 bits per heavy atom. The molecule has 118 valence electrons. The van der Waals surface area contributed by atoms with Gasteiger partial charge in [0, 0.05) is 23.2 Å². The maximum absolute atomic E-state index is 5.93. The number of ether oxygens (including phenoxy) is 1. The number of benzene rings is 3. The van der Waals surface area contributed by atoms with Gasteiger partial charge in [-0.3, -0.25) is 0 Å². The van der Waals surface area contributed by atoms with Crippen LogP contribution in [0, 0.1) is 5.92 Å². The van der Waals surface area contributed by atoms with Crippen molar-refractivity contribution < 1.29 is 4.74 Å². The van der Waals surface area contributed by atoms with E-state index < -0.39 is 0 Å². The monoisotopic (exact) mass is 305 g/mol. The van der Waals surface area contributed by atoms with Crippen molar-refractivity contribution in [2.24, 2.45) is 5.92 Å². The van der Waals surface area contributed by atoms with Crippen LogP contribution in [0.3, 0.4) is 0 Å². The summed E-state index contributed by atoms with van der Waals surface area (Å²) in [6.45, 7) is 5.82. The summed E-state index contributed by atoms with van der Waals surface area (Å²) in [5.41, 5.74) is 2.34. The summed E-state index contributed by atoms with van der Waals surface area (Å²) in [4.78, 5) is 0. The lowest BCUT2D eigenvalue weighted by atomic mass is 10.1. The van der Waals surface area contributed by atoms with Crippen LogP contribution < -0.4 is 10.1 Å². The van der Waals surface area contributed by atoms with E-state index >= 15 is 0 Å². The Morgan fingerprint density at radius 3 is 2.48 bits per heavy atom. The second kappa shape index (κ2) is 7.19. The number of para-hydroxylation sites is 1. The first-order valence-electron chi connectivity index (χ1n) is 8.16. The average Bonchev–Trinajstić information content (AvgIpc) is 2.58. The first-order chi connectivity index (χ1) is 11.2. The minimum atomic E-state index is 0.522. The van der Waals surface area contributed by atoms with Crippen molar-refractivity contribution in [3.05, 3.63) is 72.3 Å². The quantitative estimate of drug-likeness (QED) is 0.650. The van der Waals surface area contributed by atoms with E-state index in [-0.39, 0.29) is 0 Å². The zero-order valence-corrected chi connectivity index (χ0v) is 13.8. The first-order valence-corrected chi connectivity index (χ1v) is 8.16. The Morgan fingerprint density at radius 2 is 1.61 bits per heavy atom. The molecule has 3 aromatic rings. The number of anilines is 1. The SMILES string of the molecule is CC(C)COc1ccccc1CNc1cccc2ccccc12. The van der Waals surface area contributed by atoms with Gasteiger partial charge >= 0.3 is 0 Å². The Balaban J connectivity index is 1.77. The van der Waals surface area contributed by atoms with E-state index in [0.717, 1.165) is 24.6 Å². The fraction of sp³-hybridized carbons (Fsp3) is 0.238. The summed E-state index contributed by atoms with van der Waals surface area (Å²) in [6, 6.07) is 23.0. The Hall–Kier alpha value is -2.48. The third kappa shape index (κ3) is 3.84. The van der Waals surface area contributed by atoms with E-state index in [4.69, 9.17) is 4.74 Å². The van der Waals surface area contributed by atoms with Crippen LogP contribution in [0.2, 0.25) is 0 Å². The summed E-state index contributed by atoms with van der Waals surface area (Å²) in [5.74, 6) is 1.49. The largest absolute Gasteiger partial charge is 0.493 e. The van der Waals surface area contributed by atoms with Gasteiger partial charge in [0.15, 0.2) is 0 Å². The molecule has 0 aromatic heterocycles. The van der Waals surface area contributed by atoms with Crippen LogP contribution in [-0.2, 0) is 6.54 Å². The molecular formula is C21H23NO. The second-order valence-corrected chi connectivity index (χ2v) is 6.19. The number of rotatable bonds is 6. The van der Waals surface area contributed by atoms with Gasteiger partial charge in [0.1, 0.15) is 5.75 Å². The van der Waals surface area contributed by atoms with Crippen LogP contribution in [0.15, 0.2) is 66.7 Å². The lowest BCUT2D eigenvalue weighted by Gasteiger charge is -2.15. The van der Waals surface area contributed by atoms with E-state index in [9.17, 15) is 0 Å². The van der Waals surface area contributed by atoms with Gasteiger partial charge in [-0.15, -0.1) is 0 Å². The van der Waals surface area contributed by atoms with Gasteiger partial charge in [-0.05, 0) is 23.4 Å². The van der Waals surface area contributed by atoms with Crippen LogP contribution in [0.1, 0.15) is 19.4 Å². The van der Waals surface area contributed by atoms with E-state index in [0.29, 0.717) is 5.92 Å². The Labute approximate surface area is 138 Å². The molecule has 0 saturated heterocycles. The van der Waals surface area contributed by atoms with Gasteiger partial charge in [-0.25, -0.2) is 0 Å². The second-order valence-electron chi connectivity index (χ2n) is 6.19. The summed E-state index contributed by atoms with van der Waals surface area (Å²) in [6.07, 6.45) is 0. The lowest BCUT2D eigenvalue weighted by Crippen LogP contribution is -2.08. The number of hydrogen-bond acceptors (Lipinski definition) is 2. The molecule has 0 saturated carbocycles. The summed E-state index contributed by atoms with van der Waals surface area (Å²) in [5, 5.41) is 6.05. The zero-order valence-electron chi connectivity index (χ0n) is 13.8. The van der Waals surface area contributed by atoms with E-state index in [1.807, 2.05) is 12.1 Å². The van der Waals surface area contributed by atoms with Crippen molar-refractivity contribution in [3.8, 4) is 5.75 Å². The predicted octanol–water partition coefficient (Wildman–Crippen LogP) is 5.49. The highest BCUT2D eigenvalue weighted by Gasteiger charge is 2.05. The fourth-order valence-corrected chi connectivity index (χ4v) is 2.62. The minimum absolute atomic E-state index is 0.522. The molecule has 0 aliphatic carbocycles. The summed E-state index contributed by atoms with van der Waals surface area (Å²) in [7, 11) is 0. The molecule has 0 radical (unpaired) electrons. The lowest BCUT2D eigenvalue weighted by molar-refractivity contribution is 0.269. The van der Waals surface area contributed by atoms with Crippen LogP contribution in [0.5, 0.6) is 5.75 Å². The molecule has 0 heterocycles. The zero-order chi connectivity index (χ0) is 16.1. The molecule has 23 heavy (non-hydrogen) atoms. The molecule has 0 unspecified atom stereocenters. The van der Waals surface area contributed by atoms with Gasteiger partial charge in [-0.2, -0.15) is 0 Å². The van der Waals surface area contributed by atoms with Crippen molar-refractivity contribution in [1.29, 1.82) is 0 Å². The standard InChI is InChI=1S/C21H23NO/c1-16(2)15-23-21-13-6-4-9-18(21)14-22-20-12-7-10-17-8-3-5-11-19(17)20/h3-13,16,22H,14-15H2,1-2H3. The fourth-order valence-electron chi connectivity index (χ4n) is 2.62. The molecule has 2 nitrogen and oxygen atoms in total. The first kappa shape index (κ1) is 15.4. The van der Waals surface area contributed by atoms with Crippen LogP contribution in [0.4, 0.5) is 5.69 Å². The highest BCUT2D eigenvalue weighted by atomic mass is 16.5. The molecular weight excluding hydrogens is 282 g/mol. The number of fused-ring (bicyclic) bond motifs is 1. The Bertz CT molecular complexity index is 774. The Kier molecular flexibility index (Phi) is 4.82. The normalized spacial score (nSPS) is 10.9. The van der Waals surface area contributed by atoms with E-state index in [2.05, 4.69) is 73.8 Å². The molecule has 0 aliphatic rings. The van der Waals surface area contributed by atoms with Crippen molar-refractivity contribution in [2.75, 3.05) is 11.9 Å². The summed E-state index contributed by atoms with van der Waals surface area (Å²) >= 11 is 0. The molecule has 1 N–H and O–H groups in total. The van der Waals surface area contributed by atoms with E-state index in [1.54, 1.807) is 0 Å². The van der Waals surface area contributed by atoms with Gasteiger partial charge < -0.3 is 10.1 Å². The molecule has 0 atom stereocenters. The number of hydrogen-bond donors (Lipinski definition) is 1. The molecule has 3 aromatic carbocycles. The van der Waals surface area contributed by atoms with E-state index in [1.165, 1.54) is 16.3 Å². The van der Waals surface area contributed by atoms with Gasteiger partial charge in [0.25, 0.3) is 0 Å². The van der Waals surface area contributed by atoms with Crippen LogP contribution in [-0.4, -0.2) is 6.61 Å². The minimum Gasteiger partial charge on any atom is -0.493 e. The third-order valence-corrected chi connectivity index (χ3v) is 3.80. The molecule has 0 fully saturated rings. The number of nitrogens with one attached hydrogen (secondary N) is 1. The highest BCUT2D eigenvalue weighted by molar-refractivity contribution is 5.93. The van der Waals surface area contributed by atoms with Crippen molar-refractivity contribution in [1.82, 2.24) is 0 Å². The van der Waals surface area contributed by atoms with Crippen molar-refractivity contribution >= 4 is 16.5 Å².